The zero-order valence-corrected chi connectivity index (χ0v) is 12.9. The van der Waals surface area contributed by atoms with Crippen molar-refractivity contribution < 1.29 is 9.53 Å². The van der Waals surface area contributed by atoms with E-state index in [0.29, 0.717) is 18.3 Å². The highest BCUT2D eigenvalue weighted by atomic mass is 79.9. The summed E-state index contributed by atoms with van der Waals surface area (Å²) in [6.45, 7) is 4.86. The van der Waals surface area contributed by atoms with Crippen molar-refractivity contribution >= 4 is 21.8 Å². The smallest absolute Gasteiger partial charge is 0.258 e. The number of amides is 1. The van der Waals surface area contributed by atoms with E-state index in [4.69, 9.17) is 4.74 Å². The molecule has 0 radical (unpaired) electrons. The molecule has 0 aromatic heterocycles. The Bertz CT molecular complexity index is 487. The first-order valence-corrected chi connectivity index (χ1v) is 7.50. The molecule has 0 heterocycles. The molecule has 0 saturated heterocycles. The van der Waals surface area contributed by atoms with Crippen LogP contribution in [0.1, 0.15) is 18.4 Å². The topological polar surface area (TPSA) is 50.4 Å². The van der Waals surface area contributed by atoms with E-state index in [0.717, 1.165) is 11.0 Å². The third kappa shape index (κ3) is 4.98. The Morgan fingerprint density at radius 1 is 1.50 bits per heavy atom. The van der Waals surface area contributed by atoms with E-state index in [1.165, 1.54) is 18.4 Å². The molecule has 0 bridgehead atoms. The lowest BCUT2D eigenvalue weighted by molar-refractivity contribution is -0.122. The van der Waals surface area contributed by atoms with Gasteiger partial charge in [0.15, 0.2) is 6.61 Å². The van der Waals surface area contributed by atoms with Gasteiger partial charge in [-0.25, -0.2) is 0 Å². The highest BCUT2D eigenvalue weighted by Crippen LogP contribution is 2.26. The van der Waals surface area contributed by atoms with Gasteiger partial charge in [0.2, 0.25) is 0 Å². The first kappa shape index (κ1) is 15.1. The monoisotopic (exact) mass is 338 g/mol. The van der Waals surface area contributed by atoms with Crippen LogP contribution in [-0.4, -0.2) is 25.1 Å². The molecule has 1 aliphatic carbocycles. The molecule has 1 saturated carbocycles. The summed E-state index contributed by atoms with van der Waals surface area (Å²) in [5, 5.41) is 6.12. The third-order valence-electron chi connectivity index (χ3n) is 2.97. The zero-order chi connectivity index (χ0) is 14.4. The molecule has 5 heteroatoms. The summed E-state index contributed by atoms with van der Waals surface area (Å²) in [4.78, 5) is 11.4. The number of halogens is 1. The van der Waals surface area contributed by atoms with Gasteiger partial charge in [0.05, 0.1) is 4.47 Å². The quantitative estimate of drug-likeness (QED) is 0.715. The molecule has 1 fully saturated rings. The van der Waals surface area contributed by atoms with Gasteiger partial charge in [-0.15, -0.1) is 6.58 Å². The lowest BCUT2D eigenvalue weighted by Crippen LogP contribution is -2.28. The second-order valence-electron chi connectivity index (χ2n) is 4.80. The molecule has 108 valence electrons. The standard InChI is InChI=1S/C15H19BrN2O2/c1-2-7-17-15(19)10-20-14-6-3-11(8-13(14)16)9-18-12-4-5-12/h2-3,6,8,12,18H,1,4-5,7,9-10H2,(H,17,19). The summed E-state index contributed by atoms with van der Waals surface area (Å²) < 4.78 is 6.34. The van der Waals surface area contributed by atoms with Crippen molar-refractivity contribution in [3.05, 3.63) is 40.9 Å². The third-order valence-corrected chi connectivity index (χ3v) is 3.59. The maximum absolute atomic E-state index is 11.4. The van der Waals surface area contributed by atoms with Crippen LogP contribution in [0.4, 0.5) is 0 Å². The molecule has 20 heavy (non-hydrogen) atoms. The molecule has 1 aliphatic rings. The SMILES string of the molecule is C=CCNC(=O)COc1ccc(CNC2CC2)cc1Br. The normalized spacial score (nSPS) is 13.8. The predicted molar refractivity (Wildman–Crippen MR) is 82.7 cm³/mol. The first-order valence-electron chi connectivity index (χ1n) is 6.71. The van der Waals surface area contributed by atoms with Crippen LogP contribution in [0, 0.1) is 0 Å². The molecule has 0 unspecified atom stereocenters. The molecule has 1 aromatic rings. The minimum Gasteiger partial charge on any atom is -0.483 e. The number of hydrogen-bond acceptors (Lipinski definition) is 3. The van der Waals surface area contributed by atoms with Gasteiger partial charge in [-0.1, -0.05) is 12.1 Å². The summed E-state index contributed by atoms with van der Waals surface area (Å²) in [7, 11) is 0. The lowest BCUT2D eigenvalue weighted by atomic mass is 10.2. The molecular weight excluding hydrogens is 320 g/mol. The summed E-state index contributed by atoms with van der Waals surface area (Å²) in [5.74, 6) is 0.519. The fourth-order valence-electron chi connectivity index (χ4n) is 1.70. The average Bonchev–Trinajstić information content (AvgIpc) is 3.26. The van der Waals surface area contributed by atoms with Crippen molar-refractivity contribution in [2.75, 3.05) is 13.2 Å². The maximum Gasteiger partial charge on any atom is 0.258 e. The van der Waals surface area contributed by atoms with Crippen molar-refractivity contribution in [1.82, 2.24) is 10.6 Å². The molecule has 1 aromatic carbocycles. The minimum atomic E-state index is -0.156. The molecule has 0 atom stereocenters. The fraction of sp³-hybridized carbons (Fsp3) is 0.400. The Kier molecular flexibility index (Phi) is 5.61. The van der Waals surface area contributed by atoms with Crippen LogP contribution in [0.15, 0.2) is 35.3 Å². The fourth-order valence-corrected chi connectivity index (χ4v) is 2.24. The maximum atomic E-state index is 11.4. The van der Waals surface area contributed by atoms with Crippen LogP contribution < -0.4 is 15.4 Å². The molecule has 0 spiro atoms. The number of ether oxygens (including phenoxy) is 1. The van der Waals surface area contributed by atoms with E-state index in [1.807, 2.05) is 18.2 Å². The van der Waals surface area contributed by atoms with Gasteiger partial charge in [-0.05, 0) is 46.5 Å². The second-order valence-corrected chi connectivity index (χ2v) is 5.66. The van der Waals surface area contributed by atoms with Gasteiger partial charge < -0.3 is 15.4 Å². The molecule has 0 aliphatic heterocycles. The number of nitrogens with one attached hydrogen (secondary N) is 2. The molecule has 4 nitrogen and oxygen atoms in total. The van der Waals surface area contributed by atoms with Crippen molar-refractivity contribution in [3.8, 4) is 5.75 Å². The predicted octanol–water partition coefficient (Wildman–Crippen LogP) is 2.38. The van der Waals surface area contributed by atoms with Crippen molar-refractivity contribution in [1.29, 1.82) is 0 Å². The van der Waals surface area contributed by atoms with Gasteiger partial charge in [0, 0.05) is 19.1 Å². The van der Waals surface area contributed by atoms with Crippen molar-refractivity contribution in [3.63, 3.8) is 0 Å². The van der Waals surface area contributed by atoms with E-state index in [2.05, 4.69) is 33.1 Å². The number of carbonyl (C=O) groups is 1. The van der Waals surface area contributed by atoms with Crippen LogP contribution >= 0.6 is 15.9 Å². The van der Waals surface area contributed by atoms with E-state index in [1.54, 1.807) is 6.08 Å². The van der Waals surface area contributed by atoms with Gasteiger partial charge in [0.1, 0.15) is 5.75 Å². The van der Waals surface area contributed by atoms with Crippen molar-refractivity contribution in [2.24, 2.45) is 0 Å². The minimum absolute atomic E-state index is 0.00606. The molecule has 2 N–H and O–H groups in total. The summed E-state index contributed by atoms with van der Waals surface area (Å²) in [6, 6.07) is 6.61. The highest BCUT2D eigenvalue weighted by Gasteiger charge is 2.20. The van der Waals surface area contributed by atoms with E-state index in [-0.39, 0.29) is 12.5 Å². The number of hydrogen-bond donors (Lipinski definition) is 2. The van der Waals surface area contributed by atoms with Crippen LogP contribution in [0.2, 0.25) is 0 Å². The zero-order valence-electron chi connectivity index (χ0n) is 11.3. The lowest BCUT2D eigenvalue weighted by Gasteiger charge is -2.10. The van der Waals surface area contributed by atoms with Gasteiger partial charge in [-0.3, -0.25) is 4.79 Å². The number of rotatable bonds is 8. The Balaban J connectivity index is 1.81. The Morgan fingerprint density at radius 3 is 2.95 bits per heavy atom. The molecule has 2 rings (SSSR count). The summed E-state index contributed by atoms with van der Waals surface area (Å²) >= 11 is 3.47. The summed E-state index contributed by atoms with van der Waals surface area (Å²) in [6.07, 6.45) is 4.19. The summed E-state index contributed by atoms with van der Waals surface area (Å²) in [5.41, 5.74) is 1.20. The van der Waals surface area contributed by atoms with Gasteiger partial charge >= 0.3 is 0 Å². The Morgan fingerprint density at radius 2 is 2.30 bits per heavy atom. The van der Waals surface area contributed by atoms with Gasteiger partial charge in [0.25, 0.3) is 5.91 Å². The number of benzene rings is 1. The largest absolute Gasteiger partial charge is 0.483 e. The average molecular weight is 339 g/mol. The van der Waals surface area contributed by atoms with Crippen molar-refractivity contribution in [2.45, 2.75) is 25.4 Å². The Hall–Kier alpha value is -1.33. The molecular formula is C15H19BrN2O2. The highest BCUT2D eigenvalue weighted by molar-refractivity contribution is 9.10. The van der Waals surface area contributed by atoms with Gasteiger partial charge in [-0.2, -0.15) is 0 Å². The van der Waals surface area contributed by atoms with E-state index < -0.39 is 0 Å². The van der Waals surface area contributed by atoms with Crippen LogP contribution in [0.25, 0.3) is 0 Å². The van der Waals surface area contributed by atoms with E-state index >= 15 is 0 Å². The van der Waals surface area contributed by atoms with Crippen LogP contribution in [0.5, 0.6) is 5.75 Å². The molecule has 1 amide bonds. The number of carbonyl (C=O) groups excluding carboxylic acids is 1. The van der Waals surface area contributed by atoms with Crippen LogP contribution in [-0.2, 0) is 11.3 Å². The first-order chi connectivity index (χ1) is 9.69. The van der Waals surface area contributed by atoms with E-state index in [9.17, 15) is 4.79 Å². The second kappa shape index (κ2) is 7.45. The van der Waals surface area contributed by atoms with Crippen LogP contribution in [0.3, 0.4) is 0 Å². The Labute approximate surface area is 127 Å².